The maximum Gasteiger partial charge on any atom is 0.227 e. The van der Waals surface area contributed by atoms with Gasteiger partial charge in [-0.1, -0.05) is 36.4 Å². The molecule has 3 aromatic carbocycles. The molecule has 46 heavy (non-hydrogen) atoms. The molecule has 1 aliphatic heterocycles. The number of benzene rings is 3. The first-order valence-electron chi connectivity index (χ1n) is 15.1. The van der Waals surface area contributed by atoms with Crippen molar-refractivity contribution in [2.24, 2.45) is 0 Å². The number of fused-ring (bicyclic) bond motifs is 1. The first kappa shape index (κ1) is 29.5. The van der Waals surface area contributed by atoms with Crippen LogP contribution in [0.25, 0.3) is 28.3 Å². The third-order valence-electron chi connectivity index (χ3n) is 7.91. The second-order valence-electron chi connectivity index (χ2n) is 10.8. The number of pyridine rings is 1. The first-order chi connectivity index (χ1) is 22.7. The van der Waals surface area contributed by atoms with Crippen LogP contribution in [0.4, 0.5) is 17.3 Å². The molecule has 6 aromatic rings. The first-order valence-corrected chi connectivity index (χ1v) is 16.3. The number of rotatable bonds is 10. The fraction of sp³-hybridized carbons (Fsp3) is 0.194. The van der Waals surface area contributed by atoms with Crippen molar-refractivity contribution >= 4 is 34.7 Å². The van der Waals surface area contributed by atoms with E-state index in [0.29, 0.717) is 24.1 Å². The summed E-state index contributed by atoms with van der Waals surface area (Å²) in [6.07, 6.45) is 3.75. The Bertz CT molecular complexity index is 1960. The summed E-state index contributed by atoms with van der Waals surface area (Å²) in [6.45, 7) is 2.50. The van der Waals surface area contributed by atoms with E-state index in [2.05, 4.69) is 27.3 Å². The SMILES string of the molecule is COc1cc(N2CCSCC2)ccc1Nc1nccc(-c2c(-c3ccc(OCc4ccccc4)c(OC)c3)nc3ccccn23)n1. The minimum Gasteiger partial charge on any atom is -0.494 e. The Morgan fingerprint density at radius 3 is 2.46 bits per heavy atom. The smallest absolute Gasteiger partial charge is 0.227 e. The van der Waals surface area contributed by atoms with Crippen LogP contribution in [0.2, 0.25) is 0 Å². The molecule has 1 saturated heterocycles. The third-order valence-corrected chi connectivity index (χ3v) is 8.85. The number of methoxy groups -OCH3 is 2. The van der Waals surface area contributed by atoms with Crippen molar-refractivity contribution < 1.29 is 14.2 Å². The molecule has 0 spiro atoms. The van der Waals surface area contributed by atoms with Gasteiger partial charge in [-0.3, -0.25) is 4.40 Å². The number of hydrogen-bond donors (Lipinski definition) is 1. The van der Waals surface area contributed by atoms with E-state index < -0.39 is 0 Å². The van der Waals surface area contributed by atoms with Gasteiger partial charge < -0.3 is 24.4 Å². The fourth-order valence-corrected chi connectivity index (χ4v) is 6.49. The van der Waals surface area contributed by atoms with Crippen LogP contribution in [-0.4, -0.2) is 58.2 Å². The molecule has 3 aromatic heterocycles. The zero-order valence-electron chi connectivity index (χ0n) is 25.7. The van der Waals surface area contributed by atoms with Crippen LogP contribution in [0.15, 0.2) is 103 Å². The van der Waals surface area contributed by atoms with Gasteiger partial charge in [-0.2, -0.15) is 11.8 Å². The maximum absolute atomic E-state index is 6.12. The van der Waals surface area contributed by atoms with Crippen LogP contribution in [-0.2, 0) is 6.61 Å². The van der Waals surface area contributed by atoms with Gasteiger partial charge in [0.25, 0.3) is 0 Å². The van der Waals surface area contributed by atoms with Gasteiger partial charge in [0, 0.05) is 54.3 Å². The molecule has 9 nitrogen and oxygen atoms in total. The Hall–Kier alpha value is -5.22. The van der Waals surface area contributed by atoms with E-state index >= 15 is 0 Å². The van der Waals surface area contributed by atoms with Crippen molar-refractivity contribution in [3.8, 4) is 39.9 Å². The van der Waals surface area contributed by atoms with Gasteiger partial charge in [-0.05, 0) is 54.1 Å². The zero-order valence-corrected chi connectivity index (χ0v) is 26.5. The van der Waals surface area contributed by atoms with Crippen molar-refractivity contribution in [3.05, 3.63) is 109 Å². The summed E-state index contributed by atoms with van der Waals surface area (Å²) in [5.74, 6) is 4.74. The van der Waals surface area contributed by atoms with E-state index in [1.165, 1.54) is 0 Å². The average Bonchev–Trinajstić information content (AvgIpc) is 3.51. The highest BCUT2D eigenvalue weighted by Gasteiger charge is 2.20. The van der Waals surface area contributed by atoms with Crippen molar-refractivity contribution in [1.29, 1.82) is 0 Å². The third kappa shape index (κ3) is 6.16. The fourth-order valence-electron chi connectivity index (χ4n) is 5.58. The number of anilines is 3. The van der Waals surface area contributed by atoms with Gasteiger partial charge >= 0.3 is 0 Å². The molecule has 7 rings (SSSR count). The van der Waals surface area contributed by atoms with Gasteiger partial charge in [-0.25, -0.2) is 15.0 Å². The Balaban J connectivity index is 1.21. The molecule has 0 saturated carbocycles. The minimum absolute atomic E-state index is 0.442. The lowest BCUT2D eigenvalue weighted by Gasteiger charge is -2.29. The van der Waals surface area contributed by atoms with Gasteiger partial charge in [0.15, 0.2) is 11.5 Å². The summed E-state index contributed by atoms with van der Waals surface area (Å²) in [6, 6.07) is 30.0. The second-order valence-corrected chi connectivity index (χ2v) is 12.0. The summed E-state index contributed by atoms with van der Waals surface area (Å²) < 4.78 is 19.7. The Morgan fingerprint density at radius 2 is 1.63 bits per heavy atom. The van der Waals surface area contributed by atoms with E-state index in [1.54, 1.807) is 20.4 Å². The van der Waals surface area contributed by atoms with E-state index in [-0.39, 0.29) is 0 Å². The lowest BCUT2D eigenvalue weighted by molar-refractivity contribution is 0.284. The van der Waals surface area contributed by atoms with Crippen LogP contribution in [0.5, 0.6) is 17.2 Å². The number of aromatic nitrogens is 4. The number of nitrogens with zero attached hydrogens (tertiary/aromatic N) is 5. The standard InChI is InChI=1S/C36H34N6O3S/c1-43-31-23-27(41-18-20-46-21-19-41)12-13-28(31)38-36-37-16-15-29(39-36)35-34(40-33-10-6-7-17-42(33)35)26-11-14-30(32(22-26)44-2)45-24-25-8-4-3-5-9-25/h3-17,22-23H,18-21,24H2,1-2H3,(H,37,38,39). The highest BCUT2D eigenvalue weighted by molar-refractivity contribution is 7.99. The number of ether oxygens (including phenoxy) is 3. The molecule has 0 radical (unpaired) electrons. The molecular weight excluding hydrogens is 597 g/mol. The van der Waals surface area contributed by atoms with Crippen LogP contribution >= 0.6 is 11.8 Å². The molecule has 0 aliphatic carbocycles. The highest BCUT2D eigenvalue weighted by atomic mass is 32.2. The summed E-state index contributed by atoms with van der Waals surface area (Å²) in [5.41, 5.74) is 7.04. The molecule has 0 atom stereocenters. The van der Waals surface area contributed by atoms with Crippen molar-refractivity contribution in [1.82, 2.24) is 19.4 Å². The van der Waals surface area contributed by atoms with Crippen LogP contribution in [0, 0.1) is 0 Å². The summed E-state index contributed by atoms with van der Waals surface area (Å²) >= 11 is 1.99. The predicted octanol–water partition coefficient (Wildman–Crippen LogP) is 7.35. The molecule has 232 valence electrons. The van der Waals surface area contributed by atoms with E-state index in [4.69, 9.17) is 24.2 Å². The van der Waals surface area contributed by atoms with E-state index in [1.807, 2.05) is 101 Å². The lowest BCUT2D eigenvalue weighted by Crippen LogP contribution is -2.32. The van der Waals surface area contributed by atoms with Crippen LogP contribution in [0.1, 0.15) is 5.56 Å². The topological polar surface area (TPSA) is 86.0 Å². The molecule has 1 fully saturated rings. The van der Waals surface area contributed by atoms with E-state index in [9.17, 15) is 0 Å². The number of imidazole rings is 1. The van der Waals surface area contributed by atoms with Crippen molar-refractivity contribution in [3.63, 3.8) is 0 Å². The minimum atomic E-state index is 0.442. The highest BCUT2D eigenvalue weighted by Crippen LogP contribution is 2.38. The van der Waals surface area contributed by atoms with E-state index in [0.717, 1.165) is 75.6 Å². The quantitative estimate of drug-likeness (QED) is 0.167. The van der Waals surface area contributed by atoms with Gasteiger partial charge in [0.2, 0.25) is 5.95 Å². The summed E-state index contributed by atoms with van der Waals surface area (Å²) in [7, 11) is 3.33. The lowest BCUT2D eigenvalue weighted by atomic mass is 10.1. The van der Waals surface area contributed by atoms with Gasteiger partial charge in [-0.15, -0.1) is 0 Å². The monoisotopic (exact) mass is 630 g/mol. The Morgan fingerprint density at radius 1 is 0.804 bits per heavy atom. The molecule has 1 N–H and O–H groups in total. The molecule has 1 aliphatic rings. The molecule has 0 bridgehead atoms. The number of hydrogen-bond acceptors (Lipinski definition) is 9. The normalized spacial score (nSPS) is 13.0. The predicted molar refractivity (Wildman–Crippen MR) is 185 cm³/mol. The zero-order chi connectivity index (χ0) is 31.3. The van der Waals surface area contributed by atoms with Crippen molar-refractivity contribution in [2.75, 3.05) is 49.0 Å². The number of thioether (sulfide) groups is 1. The maximum atomic E-state index is 6.12. The molecule has 0 unspecified atom stereocenters. The van der Waals surface area contributed by atoms with Gasteiger partial charge in [0.1, 0.15) is 18.0 Å². The molecule has 0 amide bonds. The Kier molecular flexibility index (Phi) is 8.60. The average molecular weight is 631 g/mol. The van der Waals surface area contributed by atoms with Crippen molar-refractivity contribution in [2.45, 2.75) is 6.61 Å². The molecule has 4 heterocycles. The van der Waals surface area contributed by atoms with Crippen LogP contribution in [0.3, 0.4) is 0 Å². The van der Waals surface area contributed by atoms with Crippen LogP contribution < -0.4 is 24.4 Å². The number of nitrogens with one attached hydrogen (secondary N) is 1. The molecular formula is C36H34N6O3S. The summed E-state index contributed by atoms with van der Waals surface area (Å²) in [4.78, 5) is 16.9. The van der Waals surface area contributed by atoms with Gasteiger partial charge in [0.05, 0.1) is 37.0 Å². The largest absolute Gasteiger partial charge is 0.494 e. The summed E-state index contributed by atoms with van der Waals surface area (Å²) in [5, 5.41) is 3.38. The second kappa shape index (κ2) is 13.4. The Labute approximate surface area is 272 Å². The molecule has 10 heteroatoms.